The summed E-state index contributed by atoms with van der Waals surface area (Å²) in [6, 6.07) is 6.08. The third-order valence-corrected chi connectivity index (χ3v) is 6.04. The van der Waals surface area contributed by atoms with Crippen LogP contribution in [0.5, 0.6) is 0 Å². The van der Waals surface area contributed by atoms with Crippen LogP contribution in [0.15, 0.2) is 74.4 Å². The molecule has 0 aromatic carbocycles. The average molecular weight is 1000 g/mol. The van der Waals surface area contributed by atoms with Crippen LogP contribution in [0.2, 0.25) is 0 Å². The molecule has 0 aliphatic carbocycles. The SMILES string of the molecule is C=CC(=O)OCCOCCOCCOCCOCCOCCn1cc[n+](C)c1C.CC[n+]1ccccc1.Cn1cc[n+](C)c1.I.I.I. The number of carbonyl (C=O) groups excluding carboxylic acids is 1. The van der Waals surface area contributed by atoms with Crippen LogP contribution in [0.25, 0.3) is 0 Å². The van der Waals surface area contributed by atoms with E-state index in [0.29, 0.717) is 66.1 Å². The van der Waals surface area contributed by atoms with Gasteiger partial charge in [0.2, 0.25) is 6.33 Å². The molecule has 0 amide bonds. The largest absolute Gasteiger partial charge is 0.460 e. The normalized spacial score (nSPS) is 9.72. The first-order valence-corrected chi connectivity index (χ1v) is 15.0. The van der Waals surface area contributed by atoms with E-state index in [1.807, 2.05) is 79.6 Å². The Bertz CT molecular complexity index is 1120. The minimum atomic E-state index is -0.448. The van der Waals surface area contributed by atoms with Crippen LogP contribution >= 0.6 is 71.9 Å². The number of carbonyl (C=O) groups is 1. The fourth-order valence-electron chi connectivity index (χ4n) is 3.46. The molecule has 0 bridgehead atoms. The van der Waals surface area contributed by atoms with E-state index in [0.717, 1.165) is 19.2 Å². The maximum atomic E-state index is 10.8. The van der Waals surface area contributed by atoms with Crippen LogP contribution in [0, 0.1) is 6.92 Å². The van der Waals surface area contributed by atoms with Crippen molar-refractivity contribution >= 4 is 77.9 Å². The van der Waals surface area contributed by atoms with Gasteiger partial charge in [-0.1, -0.05) is 12.6 Å². The lowest BCUT2D eigenvalue weighted by Gasteiger charge is -2.08. The molecule has 3 aromatic rings. The summed E-state index contributed by atoms with van der Waals surface area (Å²) in [7, 11) is 6.03. The standard InChI is InChI=1S/C20H35N2O7.C7H10N.C5H9N2.3HI/c1-4-20(23)29-18-17-28-16-15-27-14-13-26-12-11-25-10-9-24-8-7-22-6-5-21(3)19(22)2;1-2-8-6-4-3-5-7-8;1-6-3-4-7(2)5-6;;;/h4-6H,1,7-18H2,2-3H3;3-7H,2H2,1H3;3-5H,1-2H3;3*1H/q3*+1;;;. The number of imidazole rings is 2. The van der Waals surface area contributed by atoms with E-state index < -0.39 is 5.97 Å². The van der Waals surface area contributed by atoms with Gasteiger partial charge in [-0.3, -0.25) is 0 Å². The van der Waals surface area contributed by atoms with Gasteiger partial charge < -0.3 is 28.4 Å². The van der Waals surface area contributed by atoms with Gasteiger partial charge in [0, 0.05) is 25.1 Å². The topological polar surface area (TPSA) is 94.0 Å². The second-order valence-corrected chi connectivity index (χ2v) is 9.53. The van der Waals surface area contributed by atoms with Crippen molar-refractivity contribution in [2.75, 3.05) is 72.7 Å². The summed E-state index contributed by atoms with van der Waals surface area (Å²) in [5.41, 5.74) is 0. The lowest BCUT2D eigenvalue weighted by molar-refractivity contribution is -0.693. The Kier molecular flexibility index (Phi) is 36.9. The van der Waals surface area contributed by atoms with Crippen molar-refractivity contribution < 1.29 is 46.9 Å². The Labute approximate surface area is 332 Å². The predicted octanol–water partition coefficient (Wildman–Crippen LogP) is 3.13. The van der Waals surface area contributed by atoms with E-state index in [2.05, 4.69) is 46.5 Å². The number of hydrogen-bond donors (Lipinski definition) is 0. The van der Waals surface area contributed by atoms with Crippen LogP contribution in [-0.2, 0) is 67.4 Å². The molecule has 0 aliphatic rings. The molecule has 47 heavy (non-hydrogen) atoms. The fraction of sp³-hybridized carbons (Fsp3) is 0.562. The molecule has 0 saturated heterocycles. The molecule has 0 N–H and O–H groups in total. The van der Waals surface area contributed by atoms with E-state index in [-0.39, 0.29) is 78.5 Å². The molecule has 3 aromatic heterocycles. The van der Waals surface area contributed by atoms with Gasteiger partial charge in [-0.15, -0.1) is 71.9 Å². The van der Waals surface area contributed by atoms with Crippen LogP contribution in [0.4, 0.5) is 0 Å². The van der Waals surface area contributed by atoms with Crippen LogP contribution in [0.3, 0.4) is 0 Å². The predicted molar refractivity (Wildman–Crippen MR) is 211 cm³/mol. The third-order valence-electron chi connectivity index (χ3n) is 6.04. The number of esters is 1. The van der Waals surface area contributed by atoms with Crippen molar-refractivity contribution in [3.05, 3.63) is 80.2 Å². The summed E-state index contributed by atoms with van der Waals surface area (Å²) in [6.45, 7) is 14.7. The van der Waals surface area contributed by atoms with Crippen molar-refractivity contribution in [2.45, 2.75) is 26.9 Å². The molecule has 3 rings (SSSR count). The maximum absolute atomic E-state index is 10.8. The zero-order chi connectivity index (χ0) is 32.3. The molecule has 0 fully saturated rings. The highest BCUT2D eigenvalue weighted by atomic mass is 127. The molecule has 270 valence electrons. The van der Waals surface area contributed by atoms with E-state index >= 15 is 0 Å². The van der Waals surface area contributed by atoms with Crippen LogP contribution in [0.1, 0.15) is 12.7 Å². The van der Waals surface area contributed by atoms with Gasteiger partial charge in [0.1, 0.15) is 44.5 Å². The zero-order valence-electron chi connectivity index (χ0n) is 28.6. The molecule has 15 heteroatoms. The van der Waals surface area contributed by atoms with Gasteiger partial charge in [0.15, 0.2) is 12.4 Å². The number of aryl methyl sites for hydroxylation is 4. The Hall–Kier alpha value is -1.23. The average Bonchev–Trinajstić information content (AvgIpc) is 3.58. The Balaban J connectivity index is -0.000000876. The minimum Gasteiger partial charge on any atom is -0.460 e. The lowest BCUT2D eigenvalue weighted by atomic mass is 10.5. The molecule has 0 spiro atoms. The monoisotopic (exact) mass is 1000 g/mol. The summed E-state index contributed by atoms with van der Waals surface area (Å²) in [5, 5.41) is 0. The van der Waals surface area contributed by atoms with E-state index in [4.69, 9.17) is 28.4 Å². The van der Waals surface area contributed by atoms with Crippen LogP contribution < -0.4 is 13.7 Å². The second kappa shape index (κ2) is 34.6. The molecule has 0 aliphatic heterocycles. The number of pyridine rings is 1. The Morgan fingerprint density at radius 2 is 1.23 bits per heavy atom. The number of aromatic nitrogens is 5. The molecule has 3 heterocycles. The van der Waals surface area contributed by atoms with Crippen molar-refractivity contribution in [2.24, 2.45) is 21.1 Å². The number of hydrogen-bond acceptors (Lipinski definition) is 7. The van der Waals surface area contributed by atoms with Crippen molar-refractivity contribution in [1.82, 2.24) is 9.13 Å². The summed E-state index contributed by atoms with van der Waals surface area (Å²) in [4.78, 5) is 10.8. The lowest BCUT2D eigenvalue weighted by Crippen LogP contribution is -2.30. The second-order valence-electron chi connectivity index (χ2n) is 9.53. The molecule has 0 atom stereocenters. The van der Waals surface area contributed by atoms with E-state index in [1.165, 1.54) is 5.82 Å². The van der Waals surface area contributed by atoms with Gasteiger partial charge in [-0.05, 0) is 6.92 Å². The van der Waals surface area contributed by atoms with Gasteiger partial charge in [0.05, 0.1) is 87.2 Å². The van der Waals surface area contributed by atoms with Gasteiger partial charge in [0.25, 0.3) is 5.82 Å². The van der Waals surface area contributed by atoms with Crippen molar-refractivity contribution in [1.29, 1.82) is 0 Å². The van der Waals surface area contributed by atoms with Crippen molar-refractivity contribution in [3.8, 4) is 0 Å². The third kappa shape index (κ3) is 28.3. The Morgan fingerprint density at radius 1 is 0.745 bits per heavy atom. The summed E-state index contributed by atoms with van der Waals surface area (Å²) < 4.78 is 42.2. The number of nitrogens with zero attached hydrogens (tertiary/aromatic N) is 5. The van der Waals surface area contributed by atoms with E-state index in [9.17, 15) is 4.79 Å². The maximum Gasteiger partial charge on any atom is 0.330 e. The number of rotatable bonds is 20. The summed E-state index contributed by atoms with van der Waals surface area (Å²) in [5.74, 6) is 0.751. The molecular weight excluding hydrogens is 947 g/mol. The fourth-order valence-corrected chi connectivity index (χ4v) is 3.46. The molecule has 0 radical (unpaired) electrons. The zero-order valence-corrected chi connectivity index (χ0v) is 35.6. The minimum absolute atomic E-state index is 0. The summed E-state index contributed by atoms with van der Waals surface area (Å²) >= 11 is 0. The number of ether oxygens (including phenoxy) is 6. The molecule has 12 nitrogen and oxygen atoms in total. The highest BCUT2D eigenvalue weighted by molar-refractivity contribution is 14.0. The first-order valence-electron chi connectivity index (χ1n) is 15.0. The molecule has 0 unspecified atom stereocenters. The van der Waals surface area contributed by atoms with E-state index in [1.54, 1.807) is 0 Å². The van der Waals surface area contributed by atoms with Gasteiger partial charge >= 0.3 is 5.97 Å². The summed E-state index contributed by atoms with van der Waals surface area (Å²) in [6.07, 6.45) is 15.3. The van der Waals surface area contributed by atoms with Gasteiger partial charge in [-0.2, -0.15) is 0 Å². The first kappa shape index (κ1) is 50.2. The molecule has 0 saturated carbocycles. The van der Waals surface area contributed by atoms with Gasteiger partial charge in [-0.25, -0.2) is 27.6 Å². The highest BCUT2D eigenvalue weighted by Gasteiger charge is 2.07. The van der Waals surface area contributed by atoms with Crippen LogP contribution in [-0.4, -0.2) is 87.8 Å². The van der Waals surface area contributed by atoms with Crippen molar-refractivity contribution in [3.63, 3.8) is 0 Å². The number of halogens is 3. The molecular formula is C32H57I3N5O7+3. The smallest absolute Gasteiger partial charge is 0.330 e. The quantitative estimate of drug-likeness (QED) is 0.0566. The first-order chi connectivity index (χ1) is 21.4. The Morgan fingerprint density at radius 3 is 1.57 bits per heavy atom. The highest BCUT2D eigenvalue weighted by Crippen LogP contribution is 1.93.